The lowest BCUT2D eigenvalue weighted by Crippen LogP contribution is -2.41. The van der Waals surface area contributed by atoms with Gasteiger partial charge in [-0.15, -0.1) is 11.3 Å². The Morgan fingerprint density at radius 3 is 2.70 bits per heavy atom. The fourth-order valence-electron chi connectivity index (χ4n) is 1.91. The van der Waals surface area contributed by atoms with Gasteiger partial charge in [-0.3, -0.25) is 9.89 Å². The van der Waals surface area contributed by atoms with Crippen molar-refractivity contribution in [3.05, 3.63) is 28.0 Å². The summed E-state index contributed by atoms with van der Waals surface area (Å²) in [6, 6.07) is 0. The van der Waals surface area contributed by atoms with E-state index in [1.54, 1.807) is 6.20 Å². The molecule has 2 heterocycles. The summed E-state index contributed by atoms with van der Waals surface area (Å²) < 4.78 is 0. The van der Waals surface area contributed by atoms with E-state index in [1.165, 1.54) is 11.3 Å². The lowest BCUT2D eigenvalue weighted by atomic mass is 10.1. The van der Waals surface area contributed by atoms with Crippen LogP contribution in [0, 0.1) is 0 Å². The quantitative estimate of drug-likeness (QED) is 0.805. The van der Waals surface area contributed by atoms with Gasteiger partial charge < -0.3 is 11.1 Å². The van der Waals surface area contributed by atoms with E-state index in [2.05, 4.69) is 20.5 Å². The van der Waals surface area contributed by atoms with Crippen molar-refractivity contribution < 1.29 is 4.79 Å². The Morgan fingerprint density at radius 2 is 2.20 bits per heavy atom. The van der Waals surface area contributed by atoms with Crippen molar-refractivity contribution in [2.75, 3.05) is 5.73 Å². The minimum atomic E-state index is -0.561. The number of nitrogens with zero attached hydrogens (tertiary/aromatic N) is 2. The maximum atomic E-state index is 12.3. The molecule has 0 atom stereocenters. The second-order valence-electron chi connectivity index (χ2n) is 5.47. The summed E-state index contributed by atoms with van der Waals surface area (Å²) in [5, 5.41) is 12.5. The molecule has 0 unspecified atom stereocenters. The third kappa shape index (κ3) is 2.67. The number of aromatic nitrogens is 3. The SMILES string of the molecule is CC(C)c1[nH]nc(C(=O)NC(C)(C)c2nccs2)c1N. The molecule has 4 N–H and O–H groups in total. The number of carbonyl (C=O) groups excluding carboxylic acids is 1. The van der Waals surface area contributed by atoms with Crippen molar-refractivity contribution in [2.45, 2.75) is 39.2 Å². The molecule has 108 valence electrons. The van der Waals surface area contributed by atoms with Crippen molar-refractivity contribution in [3.8, 4) is 0 Å². The Kier molecular flexibility index (Phi) is 3.80. The minimum Gasteiger partial charge on any atom is -0.395 e. The Morgan fingerprint density at radius 1 is 1.50 bits per heavy atom. The zero-order valence-corrected chi connectivity index (χ0v) is 12.8. The Labute approximate surface area is 121 Å². The highest BCUT2D eigenvalue weighted by molar-refractivity contribution is 7.09. The number of nitrogen functional groups attached to an aromatic ring is 1. The summed E-state index contributed by atoms with van der Waals surface area (Å²) in [5.74, 6) is -0.109. The second kappa shape index (κ2) is 5.24. The third-order valence-corrected chi connectivity index (χ3v) is 4.12. The van der Waals surface area contributed by atoms with E-state index in [-0.39, 0.29) is 17.5 Å². The predicted molar refractivity (Wildman–Crippen MR) is 79.7 cm³/mol. The number of carbonyl (C=O) groups is 1. The summed E-state index contributed by atoms with van der Waals surface area (Å²) in [4.78, 5) is 16.6. The molecule has 0 radical (unpaired) electrons. The van der Waals surface area contributed by atoms with Crippen molar-refractivity contribution >= 4 is 22.9 Å². The van der Waals surface area contributed by atoms with Crippen LogP contribution in [0.3, 0.4) is 0 Å². The third-order valence-electron chi connectivity index (χ3n) is 3.02. The predicted octanol–water partition coefficient (Wildman–Crippen LogP) is 2.24. The number of anilines is 1. The number of H-pyrrole nitrogens is 1. The van der Waals surface area contributed by atoms with Gasteiger partial charge >= 0.3 is 0 Å². The summed E-state index contributed by atoms with van der Waals surface area (Å²) in [6.07, 6.45) is 1.72. The van der Waals surface area contributed by atoms with E-state index in [0.717, 1.165) is 10.7 Å². The first-order valence-corrected chi connectivity index (χ1v) is 7.27. The number of nitrogens with one attached hydrogen (secondary N) is 2. The number of hydrogen-bond donors (Lipinski definition) is 3. The van der Waals surface area contributed by atoms with Gasteiger partial charge in [-0.25, -0.2) is 4.98 Å². The van der Waals surface area contributed by atoms with Crippen LogP contribution in [-0.4, -0.2) is 21.1 Å². The Bertz CT molecular complexity index is 600. The molecule has 0 aliphatic heterocycles. The summed E-state index contributed by atoms with van der Waals surface area (Å²) in [6.45, 7) is 7.78. The van der Waals surface area contributed by atoms with Gasteiger partial charge in [-0.1, -0.05) is 13.8 Å². The maximum absolute atomic E-state index is 12.3. The van der Waals surface area contributed by atoms with Crippen LogP contribution in [0.1, 0.15) is 54.8 Å². The van der Waals surface area contributed by atoms with Crippen LogP contribution in [0.5, 0.6) is 0 Å². The van der Waals surface area contributed by atoms with Crippen LogP contribution in [0.4, 0.5) is 5.69 Å². The molecule has 0 aliphatic carbocycles. The first kappa shape index (κ1) is 14.5. The van der Waals surface area contributed by atoms with Crippen LogP contribution in [0.2, 0.25) is 0 Å². The number of nitrogens with two attached hydrogens (primary N) is 1. The van der Waals surface area contributed by atoms with Gasteiger partial charge in [-0.2, -0.15) is 5.10 Å². The summed E-state index contributed by atoms with van der Waals surface area (Å²) >= 11 is 1.50. The van der Waals surface area contributed by atoms with Gasteiger partial charge in [0.05, 0.1) is 16.9 Å². The van der Waals surface area contributed by atoms with E-state index >= 15 is 0 Å². The average molecular weight is 293 g/mol. The van der Waals surface area contributed by atoms with Crippen LogP contribution >= 0.6 is 11.3 Å². The smallest absolute Gasteiger partial charge is 0.274 e. The molecule has 0 aromatic carbocycles. The van der Waals surface area contributed by atoms with Crippen LogP contribution < -0.4 is 11.1 Å². The molecule has 0 spiro atoms. The standard InChI is InChI=1S/C13H19N5OS/c1-7(2)9-8(14)10(18-17-9)11(19)16-13(3,4)12-15-5-6-20-12/h5-7H,14H2,1-4H3,(H,16,19)(H,17,18). The molecule has 0 saturated carbocycles. The van der Waals surface area contributed by atoms with Crippen LogP contribution in [0.25, 0.3) is 0 Å². The zero-order chi connectivity index (χ0) is 14.9. The second-order valence-corrected chi connectivity index (χ2v) is 6.37. The van der Waals surface area contributed by atoms with Crippen LogP contribution in [0.15, 0.2) is 11.6 Å². The Hall–Kier alpha value is -1.89. The number of hydrogen-bond acceptors (Lipinski definition) is 5. The number of aromatic amines is 1. The van der Waals surface area contributed by atoms with Crippen LogP contribution in [-0.2, 0) is 5.54 Å². The molecule has 20 heavy (non-hydrogen) atoms. The van der Waals surface area contributed by atoms with E-state index < -0.39 is 5.54 Å². The molecule has 2 aromatic rings. The molecule has 7 heteroatoms. The molecule has 6 nitrogen and oxygen atoms in total. The van der Waals surface area contributed by atoms with Gasteiger partial charge in [0, 0.05) is 11.6 Å². The van der Waals surface area contributed by atoms with Gasteiger partial charge in [0.15, 0.2) is 5.69 Å². The summed E-state index contributed by atoms with van der Waals surface area (Å²) in [5.41, 5.74) is 6.84. The number of rotatable bonds is 4. The normalized spacial score (nSPS) is 11.8. The fourth-order valence-corrected chi connectivity index (χ4v) is 2.62. The molecule has 2 rings (SSSR count). The van der Waals surface area contributed by atoms with Crippen molar-refractivity contribution in [1.29, 1.82) is 0 Å². The minimum absolute atomic E-state index is 0.191. The molecule has 0 fully saturated rings. The highest BCUT2D eigenvalue weighted by atomic mass is 32.1. The maximum Gasteiger partial charge on any atom is 0.274 e. The summed E-state index contributed by atoms with van der Waals surface area (Å²) in [7, 11) is 0. The number of amides is 1. The van der Waals surface area contributed by atoms with Crippen molar-refractivity contribution in [2.24, 2.45) is 0 Å². The molecule has 2 aromatic heterocycles. The highest BCUT2D eigenvalue weighted by Gasteiger charge is 2.28. The fraction of sp³-hybridized carbons (Fsp3) is 0.462. The molecule has 0 saturated heterocycles. The van der Waals surface area contributed by atoms with Gasteiger partial charge in [-0.05, 0) is 19.8 Å². The molecule has 0 aliphatic rings. The largest absolute Gasteiger partial charge is 0.395 e. The molecular weight excluding hydrogens is 274 g/mol. The van der Waals surface area contributed by atoms with E-state index in [0.29, 0.717) is 5.69 Å². The first-order chi connectivity index (χ1) is 9.33. The first-order valence-electron chi connectivity index (χ1n) is 6.39. The lowest BCUT2D eigenvalue weighted by Gasteiger charge is -2.23. The van der Waals surface area contributed by atoms with Crippen molar-refractivity contribution in [3.63, 3.8) is 0 Å². The molecule has 1 amide bonds. The van der Waals surface area contributed by atoms with E-state index in [9.17, 15) is 4.79 Å². The van der Waals surface area contributed by atoms with Gasteiger partial charge in [0.2, 0.25) is 0 Å². The topological polar surface area (TPSA) is 96.7 Å². The average Bonchev–Trinajstić information content (AvgIpc) is 2.96. The van der Waals surface area contributed by atoms with Crippen molar-refractivity contribution in [1.82, 2.24) is 20.5 Å². The lowest BCUT2D eigenvalue weighted by molar-refractivity contribution is 0.0907. The Balaban J connectivity index is 2.21. The van der Waals surface area contributed by atoms with E-state index in [4.69, 9.17) is 5.73 Å². The highest BCUT2D eigenvalue weighted by Crippen LogP contribution is 2.25. The molecular formula is C13H19N5OS. The number of thiazole rings is 1. The van der Waals surface area contributed by atoms with Gasteiger partial charge in [0.25, 0.3) is 5.91 Å². The van der Waals surface area contributed by atoms with Gasteiger partial charge in [0.1, 0.15) is 5.01 Å². The monoisotopic (exact) mass is 293 g/mol. The van der Waals surface area contributed by atoms with E-state index in [1.807, 2.05) is 33.1 Å². The zero-order valence-electron chi connectivity index (χ0n) is 12.0. The molecule has 0 bridgehead atoms.